The zero-order valence-corrected chi connectivity index (χ0v) is 21.5. The van der Waals surface area contributed by atoms with E-state index in [0.29, 0.717) is 0 Å². The number of carbonyl (C=O) groups is 3. The number of nitrogens with one attached hydrogen (secondary N) is 2. The summed E-state index contributed by atoms with van der Waals surface area (Å²) in [7, 11) is 0. The smallest absolute Gasteiger partial charge is 0.408 e. The second-order valence-electron chi connectivity index (χ2n) is 10.8. The number of nitrogens with zero attached hydrogens (tertiary/aromatic N) is 1. The number of rotatable bonds is 6. The lowest BCUT2D eigenvalue weighted by molar-refractivity contribution is -0.144. The third kappa shape index (κ3) is 8.52. The molecule has 7 nitrogen and oxygen atoms in total. The Morgan fingerprint density at radius 3 is 1.81 bits per heavy atom. The molecular weight excluding hydrogens is 406 g/mol. The summed E-state index contributed by atoms with van der Waals surface area (Å²) in [5.74, 6) is -0.631. The average Bonchev–Trinajstić information content (AvgIpc) is 2.53. The molecule has 0 bridgehead atoms. The number of hydrogen-bond acceptors (Lipinski definition) is 4. The van der Waals surface area contributed by atoms with Crippen molar-refractivity contribution in [3.8, 4) is 0 Å². The number of ether oxygens (including phenoxy) is 1. The van der Waals surface area contributed by atoms with E-state index in [2.05, 4.69) is 10.6 Å². The van der Waals surface area contributed by atoms with Gasteiger partial charge < -0.3 is 20.3 Å². The summed E-state index contributed by atoms with van der Waals surface area (Å²) in [4.78, 5) is 40.7. The predicted octanol–water partition coefficient (Wildman–Crippen LogP) is 4.41. The molecule has 3 amide bonds. The van der Waals surface area contributed by atoms with Crippen molar-refractivity contribution in [1.82, 2.24) is 15.5 Å². The second-order valence-corrected chi connectivity index (χ2v) is 10.8. The predicted molar refractivity (Wildman–Crippen MR) is 127 cm³/mol. The van der Waals surface area contributed by atoms with Crippen LogP contribution in [0.4, 0.5) is 4.79 Å². The molecule has 0 aromatic heterocycles. The van der Waals surface area contributed by atoms with Gasteiger partial charge in [-0.05, 0) is 81.7 Å². The Balaban J connectivity index is 3.39. The van der Waals surface area contributed by atoms with E-state index in [1.165, 1.54) is 4.90 Å². The van der Waals surface area contributed by atoms with Crippen LogP contribution in [0.5, 0.6) is 0 Å². The minimum Gasteiger partial charge on any atom is -0.444 e. The van der Waals surface area contributed by atoms with Crippen molar-refractivity contribution < 1.29 is 19.1 Å². The molecule has 32 heavy (non-hydrogen) atoms. The fourth-order valence-electron chi connectivity index (χ4n) is 3.49. The summed E-state index contributed by atoms with van der Waals surface area (Å²) < 4.78 is 5.29. The van der Waals surface area contributed by atoms with Crippen molar-refractivity contribution >= 4 is 17.9 Å². The van der Waals surface area contributed by atoms with Crippen LogP contribution in [0.1, 0.15) is 85.0 Å². The standard InChI is InChI=1S/C25H41N3O4/c1-15(2)28(22(30)18(5)26-23(31)32-25(9,10)11)20(21(29)27-24(6,7)8)19-13-16(3)12-17(4)14-19/h12-15,18,20H,1-11H3,(H,26,31)(H,27,29). The Morgan fingerprint density at radius 1 is 0.906 bits per heavy atom. The van der Waals surface area contributed by atoms with E-state index in [0.717, 1.165) is 16.7 Å². The van der Waals surface area contributed by atoms with E-state index in [4.69, 9.17) is 4.74 Å². The first-order valence-corrected chi connectivity index (χ1v) is 11.1. The van der Waals surface area contributed by atoms with Gasteiger partial charge in [0.25, 0.3) is 0 Å². The summed E-state index contributed by atoms with van der Waals surface area (Å²) in [6.45, 7) is 20.2. The molecule has 0 spiro atoms. The summed E-state index contributed by atoms with van der Waals surface area (Å²) in [6, 6.07) is 3.87. The first-order chi connectivity index (χ1) is 14.4. The van der Waals surface area contributed by atoms with Crippen LogP contribution in [0, 0.1) is 13.8 Å². The van der Waals surface area contributed by atoms with E-state index < -0.39 is 29.3 Å². The first-order valence-electron chi connectivity index (χ1n) is 11.1. The minimum absolute atomic E-state index is 0.269. The van der Waals surface area contributed by atoms with Crippen molar-refractivity contribution in [2.75, 3.05) is 0 Å². The maximum absolute atomic E-state index is 13.5. The lowest BCUT2D eigenvalue weighted by Crippen LogP contribution is -2.55. The van der Waals surface area contributed by atoms with Crippen LogP contribution < -0.4 is 10.6 Å². The number of hydrogen-bond donors (Lipinski definition) is 2. The highest BCUT2D eigenvalue weighted by atomic mass is 16.6. The highest BCUT2D eigenvalue weighted by molar-refractivity contribution is 5.92. The Kier molecular flexibility index (Phi) is 8.90. The van der Waals surface area contributed by atoms with Gasteiger partial charge in [-0.2, -0.15) is 0 Å². The molecule has 0 aliphatic carbocycles. The molecular formula is C25H41N3O4. The van der Waals surface area contributed by atoms with E-state index >= 15 is 0 Å². The molecule has 1 aromatic rings. The van der Waals surface area contributed by atoms with Crippen molar-refractivity contribution in [1.29, 1.82) is 0 Å². The fourth-order valence-corrected chi connectivity index (χ4v) is 3.49. The molecule has 2 atom stereocenters. The number of amides is 3. The zero-order valence-electron chi connectivity index (χ0n) is 21.5. The Bertz CT molecular complexity index is 814. The van der Waals surface area contributed by atoms with Crippen molar-refractivity contribution in [3.05, 3.63) is 34.9 Å². The minimum atomic E-state index is -0.872. The van der Waals surface area contributed by atoms with Crippen LogP contribution >= 0.6 is 0 Å². The molecule has 1 rings (SSSR count). The number of carbonyl (C=O) groups excluding carboxylic acids is 3. The summed E-state index contributed by atoms with van der Waals surface area (Å²) >= 11 is 0. The van der Waals surface area contributed by atoms with Crippen LogP contribution in [-0.4, -0.2) is 46.0 Å². The molecule has 0 radical (unpaired) electrons. The topological polar surface area (TPSA) is 87.7 Å². The molecule has 0 aliphatic rings. The van der Waals surface area contributed by atoms with Crippen molar-refractivity contribution in [2.45, 2.75) is 105 Å². The fraction of sp³-hybridized carbons (Fsp3) is 0.640. The van der Waals surface area contributed by atoms with Gasteiger partial charge in [0.1, 0.15) is 17.7 Å². The second kappa shape index (κ2) is 10.4. The number of aryl methyl sites for hydroxylation is 2. The van der Waals surface area contributed by atoms with Crippen molar-refractivity contribution in [2.24, 2.45) is 0 Å². The molecule has 2 unspecified atom stereocenters. The van der Waals surface area contributed by atoms with Gasteiger partial charge in [-0.25, -0.2) is 4.79 Å². The Morgan fingerprint density at radius 2 is 1.41 bits per heavy atom. The lowest BCUT2D eigenvalue weighted by Gasteiger charge is -2.38. The molecule has 1 aromatic carbocycles. The Hall–Kier alpha value is -2.57. The summed E-state index contributed by atoms with van der Waals surface area (Å²) in [6.07, 6.45) is -0.677. The molecule has 0 saturated carbocycles. The zero-order chi connectivity index (χ0) is 25.0. The normalized spacial score (nSPS) is 13.9. The number of alkyl carbamates (subject to hydrolysis) is 1. The quantitative estimate of drug-likeness (QED) is 0.676. The molecule has 2 N–H and O–H groups in total. The first kappa shape index (κ1) is 27.5. The highest BCUT2D eigenvalue weighted by Gasteiger charge is 2.37. The summed E-state index contributed by atoms with van der Waals surface area (Å²) in [5.41, 5.74) is 1.59. The Labute approximate surface area is 193 Å². The van der Waals surface area contributed by atoms with Gasteiger partial charge in [-0.3, -0.25) is 9.59 Å². The third-order valence-corrected chi connectivity index (χ3v) is 4.50. The summed E-state index contributed by atoms with van der Waals surface area (Å²) in [5, 5.41) is 5.62. The maximum atomic E-state index is 13.5. The van der Waals surface area contributed by atoms with Gasteiger partial charge in [0.05, 0.1) is 0 Å². The van der Waals surface area contributed by atoms with Gasteiger partial charge in [0, 0.05) is 11.6 Å². The molecule has 0 aliphatic heterocycles. The van der Waals surface area contributed by atoms with Crippen LogP contribution in [0.15, 0.2) is 18.2 Å². The molecule has 0 heterocycles. The van der Waals surface area contributed by atoms with Crippen molar-refractivity contribution in [3.63, 3.8) is 0 Å². The molecule has 7 heteroatoms. The van der Waals surface area contributed by atoms with E-state index in [9.17, 15) is 14.4 Å². The highest BCUT2D eigenvalue weighted by Crippen LogP contribution is 2.27. The SMILES string of the molecule is Cc1cc(C)cc(C(C(=O)NC(C)(C)C)N(C(=O)C(C)NC(=O)OC(C)(C)C)C(C)C)c1. The largest absolute Gasteiger partial charge is 0.444 e. The third-order valence-electron chi connectivity index (χ3n) is 4.50. The molecule has 180 valence electrons. The van der Waals surface area contributed by atoms with Gasteiger partial charge in [-0.1, -0.05) is 29.3 Å². The van der Waals surface area contributed by atoms with Crippen LogP contribution in [0.25, 0.3) is 0 Å². The van der Waals surface area contributed by atoms with E-state index in [-0.39, 0.29) is 17.9 Å². The lowest BCUT2D eigenvalue weighted by atomic mass is 9.96. The van der Waals surface area contributed by atoms with Gasteiger partial charge >= 0.3 is 6.09 Å². The van der Waals surface area contributed by atoms with Gasteiger partial charge in [0.2, 0.25) is 11.8 Å². The van der Waals surface area contributed by atoms with E-state index in [1.807, 2.05) is 66.7 Å². The molecule has 0 saturated heterocycles. The van der Waals surface area contributed by atoms with Gasteiger partial charge in [0.15, 0.2) is 0 Å². The van der Waals surface area contributed by atoms with E-state index in [1.54, 1.807) is 27.7 Å². The van der Waals surface area contributed by atoms with Gasteiger partial charge in [-0.15, -0.1) is 0 Å². The maximum Gasteiger partial charge on any atom is 0.408 e. The molecule has 0 fully saturated rings. The van der Waals surface area contributed by atoms with Crippen LogP contribution in [0.3, 0.4) is 0 Å². The average molecular weight is 448 g/mol. The van der Waals surface area contributed by atoms with Crippen LogP contribution in [-0.2, 0) is 14.3 Å². The number of benzene rings is 1. The monoisotopic (exact) mass is 447 g/mol. The van der Waals surface area contributed by atoms with Crippen LogP contribution in [0.2, 0.25) is 0 Å².